The fourth-order valence-corrected chi connectivity index (χ4v) is 4.30. The topological polar surface area (TPSA) is 98.3 Å². The van der Waals surface area contributed by atoms with Crippen molar-refractivity contribution in [3.63, 3.8) is 0 Å². The Labute approximate surface area is 166 Å². The van der Waals surface area contributed by atoms with Crippen LogP contribution in [-0.2, 0) is 7.05 Å². The van der Waals surface area contributed by atoms with Crippen molar-refractivity contribution in [2.75, 3.05) is 5.73 Å². The molecule has 1 aliphatic rings. The van der Waals surface area contributed by atoms with Crippen LogP contribution in [0.15, 0.2) is 30.6 Å². The number of fused-ring (bicyclic) bond motifs is 1. The number of aromatic nitrogens is 6. The van der Waals surface area contributed by atoms with Gasteiger partial charge in [-0.15, -0.1) is 0 Å². The molecule has 0 radical (unpaired) electrons. The smallest absolute Gasteiger partial charge is 0.146 e. The van der Waals surface area contributed by atoms with Gasteiger partial charge in [-0.3, -0.25) is 9.78 Å². The van der Waals surface area contributed by atoms with Gasteiger partial charge in [-0.1, -0.05) is 24.4 Å². The molecule has 142 valence electrons. The van der Waals surface area contributed by atoms with Gasteiger partial charge in [-0.05, 0) is 31.0 Å². The van der Waals surface area contributed by atoms with Crippen molar-refractivity contribution in [1.29, 1.82) is 0 Å². The van der Waals surface area contributed by atoms with Gasteiger partial charge in [0, 0.05) is 30.1 Å². The number of nitrogens with zero attached hydrogens (tertiary/aromatic N) is 5. The molecule has 3 N–H and O–H groups in total. The summed E-state index contributed by atoms with van der Waals surface area (Å²) in [5.74, 6) is 0.851. The highest BCUT2D eigenvalue weighted by Crippen LogP contribution is 2.39. The first-order valence-electron chi connectivity index (χ1n) is 9.40. The number of nitrogens with two attached hydrogens (primary N) is 1. The molecule has 4 aromatic rings. The van der Waals surface area contributed by atoms with E-state index in [1.807, 2.05) is 31.4 Å². The average Bonchev–Trinajstić information content (AvgIpc) is 3.43. The van der Waals surface area contributed by atoms with E-state index in [0.29, 0.717) is 22.5 Å². The first-order chi connectivity index (χ1) is 13.6. The molecule has 1 saturated carbocycles. The van der Waals surface area contributed by atoms with E-state index in [1.165, 1.54) is 12.8 Å². The summed E-state index contributed by atoms with van der Waals surface area (Å²) in [6.07, 6.45) is 8.25. The number of aromatic amines is 1. The number of benzene rings is 1. The zero-order valence-electron chi connectivity index (χ0n) is 15.5. The molecule has 1 aliphatic carbocycles. The van der Waals surface area contributed by atoms with Gasteiger partial charge in [0.2, 0.25) is 0 Å². The lowest BCUT2D eigenvalue weighted by Gasteiger charge is -2.16. The van der Waals surface area contributed by atoms with Crippen LogP contribution in [0, 0.1) is 0 Å². The lowest BCUT2D eigenvalue weighted by Crippen LogP contribution is -2.08. The number of anilines is 1. The number of rotatable bonds is 3. The van der Waals surface area contributed by atoms with Crippen molar-refractivity contribution < 1.29 is 0 Å². The van der Waals surface area contributed by atoms with Gasteiger partial charge < -0.3 is 5.73 Å². The van der Waals surface area contributed by atoms with Crippen LogP contribution in [0.1, 0.15) is 37.3 Å². The fraction of sp³-hybridized carbons (Fsp3) is 0.300. The Bertz CT molecular complexity index is 1170. The summed E-state index contributed by atoms with van der Waals surface area (Å²) in [6, 6.07) is 5.84. The Morgan fingerprint density at radius 1 is 1.18 bits per heavy atom. The highest BCUT2D eigenvalue weighted by atomic mass is 35.5. The maximum Gasteiger partial charge on any atom is 0.146 e. The van der Waals surface area contributed by atoms with Gasteiger partial charge in [-0.2, -0.15) is 10.2 Å². The van der Waals surface area contributed by atoms with Crippen molar-refractivity contribution in [2.45, 2.75) is 31.6 Å². The standard InChI is InChI=1S/C20H20ClN7/c1-28-7-6-15(27-28)19-17(12-8-13-10-23-26-16(13)14(21)9-12)24-18(20(22)25-19)11-4-2-3-5-11/h6-11H,2-5H2,1H3,(H2,22,25)(H,23,26). The quantitative estimate of drug-likeness (QED) is 0.540. The molecule has 3 heterocycles. The van der Waals surface area contributed by atoms with Gasteiger partial charge in [0.25, 0.3) is 0 Å². The lowest BCUT2D eigenvalue weighted by atomic mass is 10.0. The summed E-state index contributed by atoms with van der Waals surface area (Å²) < 4.78 is 1.74. The van der Waals surface area contributed by atoms with Crippen molar-refractivity contribution in [3.05, 3.63) is 41.3 Å². The van der Waals surface area contributed by atoms with E-state index < -0.39 is 0 Å². The first-order valence-corrected chi connectivity index (χ1v) is 9.78. The minimum Gasteiger partial charge on any atom is -0.382 e. The number of nitrogen functional groups attached to an aromatic ring is 1. The molecular formula is C20H20ClN7. The van der Waals surface area contributed by atoms with E-state index in [-0.39, 0.29) is 0 Å². The Hall–Kier alpha value is -2.93. The van der Waals surface area contributed by atoms with Crippen molar-refractivity contribution in [2.24, 2.45) is 7.05 Å². The van der Waals surface area contributed by atoms with Gasteiger partial charge in [0.05, 0.1) is 28.1 Å². The van der Waals surface area contributed by atoms with Crippen molar-refractivity contribution >= 4 is 28.3 Å². The number of hydrogen-bond donors (Lipinski definition) is 2. The molecule has 0 spiro atoms. The number of halogens is 1. The molecule has 28 heavy (non-hydrogen) atoms. The van der Waals surface area contributed by atoms with Crippen LogP contribution in [0.25, 0.3) is 33.5 Å². The molecule has 3 aromatic heterocycles. The number of nitrogens with one attached hydrogen (secondary N) is 1. The maximum atomic E-state index is 6.49. The highest BCUT2D eigenvalue weighted by Gasteiger charge is 2.25. The Kier molecular flexibility index (Phi) is 4.05. The SMILES string of the molecule is Cn1ccc(-c2nc(N)c(C3CCCC3)nc2-c2cc(Cl)c3[nH]ncc3c2)n1. The summed E-state index contributed by atoms with van der Waals surface area (Å²) in [4.78, 5) is 9.76. The van der Waals surface area contributed by atoms with Crippen LogP contribution in [0.4, 0.5) is 5.82 Å². The molecule has 0 saturated heterocycles. The molecule has 0 unspecified atom stereocenters. The van der Waals surface area contributed by atoms with E-state index in [4.69, 9.17) is 27.3 Å². The first kappa shape index (κ1) is 17.2. The zero-order valence-corrected chi connectivity index (χ0v) is 16.2. The molecule has 7 nitrogen and oxygen atoms in total. The predicted molar refractivity (Wildman–Crippen MR) is 110 cm³/mol. The van der Waals surface area contributed by atoms with E-state index in [1.54, 1.807) is 10.9 Å². The second-order valence-electron chi connectivity index (χ2n) is 7.34. The van der Waals surface area contributed by atoms with Gasteiger partial charge in [0.1, 0.15) is 17.2 Å². The molecule has 0 bridgehead atoms. The summed E-state index contributed by atoms with van der Waals surface area (Å²) in [7, 11) is 1.88. The monoisotopic (exact) mass is 393 g/mol. The molecule has 0 aliphatic heterocycles. The van der Waals surface area contributed by atoms with E-state index in [0.717, 1.165) is 46.4 Å². The maximum absolute atomic E-state index is 6.49. The number of aryl methyl sites for hydroxylation is 1. The molecule has 0 amide bonds. The fourth-order valence-electron chi connectivity index (χ4n) is 4.03. The van der Waals surface area contributed by atoms with Crippen LogP contribution in [0.5, 0.6) is 0 Å². The second-order valence-corrected chi connectivity index (χ2v) is 7.75. The third-order valence-corrected chi connectivity index (χ3v) is 5.72. The Morgan fingerprint density at radius 3 is 2.75 bits per heavy atom. The van der Waals surface area contributed by atoms with Crippen LogP contribution in [0.3, 0.4) is 0 Å². The van der Waals surface area contributed by atoms with Crippen molar-refractivity contribution in [3.8, 4) is 22.6 Å². The summed E-state index contributed by atoms with van der Waals surface area (Å²) in [5, 5.41) is 13.1. The third kappa shape index (κ3) is 2.82. The van der Waals surface area contributed by atoms with Crippen LogP contribution in [-0.4, -0.2) is 29.9 Å². The zero-order chi connectivity index (χ0) is 19.3. The molecular weight excluding hydrogens is 374 g/mol. The van der Waals surface area contributed by atoms with Gasteiger partial charge in [0.15, 0.2) is 0 Å². The number of hydrogen-bond acceptors (Lipinski definition) is 5. The van der Waals surface area contributed by atoms with Gasteiger partial charge >= 0.3 is 0 Å². The lowest BCUT2D eigenvalue weighted by molar-refractivity contribution is 0.697. The van der Waals surface area contributed by atoms with E-state index >= 15 is 0 Å². The average molecular weight is 394 g/mol. The van der Waals surface area contributed by atoms with Gasteiger partial charge in [-0.25, -0.2) is 9.97 Å². The van der Waals surface area contributed by atoms with Crippen LogP contribution in [0.2, 0.25) is 5.02 Å². The third-order valence-electron chi connectivity index (χ3n) is 5.42. The summed E-state index contributed by atoms with van der Waals surface area (Å²) >= 11 is 6.49. The van der Waals surface area contributed by atoms with Crippen LogP contribution >= 0.6 is 11.6 Å². The number of H-pyrrole nitrogens is 1. The summed E-state index contributed by atoms with van der Waals surface area (Å²) in [6.45, 7) is 0. The van der Waals surface area contributed by atoms with E-state index in [9.17, 15) is 0 Å². The minimum absolute atomic E-state index is 0.358. The summed E-state index contributed by atoms with van der Waals surface area (Å²) in [5.41, 5.74) is 11.1. The second kappa shape index (κ2) is 6.60. The Morgan fingerprint density at radius 2 is 2.00 bits per heavy atom. The predicted octanol–water partition coefficient (Wildman–Crippen LogP) is 4.31. The normalized spacial score (nSPS) is 14.9. The molecule has 1 aromatic carbocycles. The highest BCUT2D eigenvalue weighted by molar-refractivity contribution is 6.35. The Balaban J connectivity index is 1.75. The molecule has 0 atom stereocenters. The van der Waals surface area contributed by atoms with E-state index in [2.05, 4.69) is 15.3 Å². The minimum atomic E-state index is 0.358. The van der Waals surface area contributed by atoms with Crippen molar-refractivity contribution in [1.82, 2.24) is 29.9 Å². The molecule has 1 fully saturated rings. The largest absolute Gasteiger partial charge is 0.382 e. The molecule has 5 rings (SSSR count). The van der Waals surface area contributed by atoms with Crippen LogP contribution < -0.4 is 5.73 Å². The molecule has 8 heteroatoms.